The van der Waals surface area contributed by atoms with Crippen LogP contribution in [0, 0.1) is 6.92 Å². The lowest BCUT2D eigenvalue weighted by atomic mass is 10.0. The lowest BCUT2D eigenvalue weighted by Crippen LogP contribution is -2.49. The van der Waals surface area contributed by atoms with Crippen LogP contribution in [-0.2, 0) is 7.05 Å². The molecule has 4 aromatic rings. The van der Waals surface area contributed by atoms with Crippen LogP contribution in [-0.4, -0.2) is 46.5 Å². The van der Waals surface area contributed by atoms with E-state index in [0.717, 1.165) is 52.2 Å². The third kappa shape index (κ3) is 3.84. The lowest BCUT2D eigenvalue weighted by Gasteiger charge is -2.35. The van der Waals surface area contributed by atoms with Gasteiger partial charge in [-0.15, -0.1) is 12.4 Å². The van der Waals surface area contributed by atoms with Gasteiger partial charge in [0.1, 0.15) is 5.82 Å². The highest BCUT2D eigenvalue weighted by Crippen LogP contribution is 2.34. The van der Waals surface area contributed by atoms with Gasteiger partial charge in [-0.2, -0.15) is 0 Å². The molecular formula is C26H27ClN4O. The van der Waals surface area contributed by atoms with E-state index in [1.165, 1.54) is 0 Å². The quantitative estimate of drug-likeness (QED) is 0.448. The number of carbonyl (C=O) groups is 1. The number of rotatable bonds is 3. The maximum atomic E-state index is 13.8. The van der Waals surface area contributed by atoms with Crippen LogP contribution in [0.15, 0.2) is 72.9 Å². The highest BCUT2D eigenvalue weighted by atomic mass is 35.5. The molecule has 2 aromatic carbocycles. The number of hydrogen-bond donors (Lipinski definition) is 0. The number of hydrogen-bond acceptors (Lipinski definition) is 3. The molecule has 1 aliphatic rings. The minimum Gasteiger partial charge on any atom is -0.353 e. The molecule has 0 spiro atoms. The Kier molecular flexibility index (Phi) is 6.19. The minimum absolute atomic E-state index is 0. The van der Waals surface area contributed by atoms with Gasteiger partial charge in [-0.05, 0) is 30.2 Å². The number of fused-ring (bicyclic) bond motifs is 1. The topological polar surface area (TPSA) is 41.4 Å². The van der Waals surface area contributed by atoms with E-state index in [9.17, 15) is 4.79 Å². The molecule has 1 aliphatic heterocycles. The summed E-state index contributed by atoms with van der Waals surface area (Å²) in [6, 6.07) is 22.5. The van der Waals surface area contributed by atoms with Crippen molar-refractivity contribution in [1.82, 2.24) is 14.5 Å². The standard InChI is InChI=1S/C26H26N4O.ClH/c1-19-12-13-23(27-18-19)29-14-16-30(17-15-29)26(31)24-21-10-6-7-11-22(21)28(2)25(24)20-8-4-3-5-9-20;/h3-13,18H,14-17H2,1-2H3;1H. The summed E-state index contributed by atoms with van der Waals surface area (Å²) in [6.45, 7) is 4.99. The van der Waals surface area contributed by atoms with Gasteiger partial charge >= 0.3 is 0 Å². The molecule has 0 radical (unpaired) electrons. The number of anilines is 1. The molecule has 3 heterocycles. The number of nitrogens with zero attached hydrogens (tertiary/aromatic N) is 4. The predicted molar refractivity (Wildman–Crippen MR) is 133 cm³/mol. The number of carbonyl (C=O) groups excluding carboxylic acids is 1. The number of aryl methyl sites for hydroxylation is 2. The van der Waals surface area contributed by atoms with Gasteiger partial charge in [0, 0.05) is 50.3 Å². The number of para-hydroxylation sites is 1. The van der Waals surface area contributed by atoms with Gasteiger partial charge in [-0.1, -0.05) is 54.6 Å². The van der Waals surface area contributed by atoms with E-state index >= 15 is 0 Å². The summed E-state index contributed by atoms with van der Waals surface area (Å²) in [5.41, 5.74) is 5.07. The maximum absolute atomic E-state index is 13.8. The van der Waals surface area contributed by atoms with E-state index in [4.69, 9.17) is 0 Å². The average Bonchev–Trinajstić information content (AvgIpc) is 3.12. The summed E-state index contributed by atoms with van der Waals surface area (Å²) in [6.07, 6.45) is 1.90. The third-order valence-corrected chi connectivity index (χ3v) is 6.15. The van der Waals surface area contributed by atoms with Crippen molar-refractivity contribution >= 4 is 35.0 Å². The first kappa shape index (κ1) is 21.9. The number of amides is 1. The third-order valence-electron chi connectivity index (χ3n) is 6.15. The molecular weight excluding hydrogens is 420 g/mol. The molecule has 1 amide bonds. The van der Waals surface area contributed by atoms with Gasteiger partial charge in [-0.25, -0.2) is 4.98 Å². The van der Waals surface area contributed by atoms with Crippen molar-refractivity contribution in [2.24, 2.45) is 7.05 Å². The van der Waals surface area contributed by atoms with Gasteiger partial charge < -0.3 is 14.4 Å². The molecule has 0 unspecified atom stereocenters. The van der Waals surface area contributed by atoms with Crippen LogP contribution in [0.1, 0.15) is 15.9 Å². The molecule has 0 aliphatic carbocycles. The summed E-state index contributed by atoms with van der Waals surface area (Å²) in [5.74, 6) is 1.08. The first-order valence-corrected chi connectivity index (χ1v) is 10.7. The zero-order chi connectivity index (χ0) is 21.4. The molecule has 0 saturated carbocycles. The predicted octanol–water partition coefficient (Wildman–Crippen LogP) is 4.93. The summed E-state index contributed by atoms with van der Waals surface area (Å²) < 4.78 is 2.14. The Morgan fingerprint density at radius 1 is 0.875 bits per heavy atom. The summed E-state index contributed by atoms with van der Waals surface area (Å²) >= 11 is 0. The molecule has 6 heteroatoms. The fourth-order valence-electron chi connectivity index (χ4n) is 4.49. The van der Waals surface area contributed by atoms with Gasteiger partial charge in [0.05, 0.1) is 11.3 Å². The monoisotopic (exact) mass is 446 g/mol. The van der Waals surface area contributed by atoms with Gasteiger partial charge in [0.25, 0.3) is 5.91 Å². The van der Waals surface area contributed by atoms with Crippen LogP contribution in [0.3, 0.4) is 0 Å². The first-order chi connectivity index (χ1) is 15.1. The van der Waals surface area contributed by atoms with E-state index in [1.807, 2.05) is 55.4 Å². The Labute approximate surface area is 194 Å². The van der Waals surface area contributed by atoms with Crippen molar-refractivity contribution in [3.8, 4) is 11.3 Å². The lowest BCUT2D eigenvalue weighted by molar-refractivity contribution is 0.0749. The highest BCUT2D eigenvalue weighted by molar-refractivity contribution is 6.12. The van der Waals surface area contributed by atoms with E-state index in [0.29, 0.717) is 13.1 Å². The average molecular weight is 447 g/mol. The number of halogens is 1. The summed E-state index contributed by atoms with van der Waals surface area (Å²) in [5, 5.41) is 1.01. The van der Waals surface area contributed by atoms with E-state index in [2.05, 4.69) is 50.8 Å². The number of aromatic nitrogens is 2. The molecule has 5 rings (SSSR count). The molecule has 32 heavy (non-hydrogen) atoms. The largest absolute Gasteiger partial charge is 0.353 e. The minimum atomic E-state index is 0. The molecule has 0 N–H and O–H groups in total. The second-order valence-corrected chi connectivity index (χ2v) is 8.14. The fraction of sp³-hybridized carbons (Fsp3) is 0.231. The normalized spacial score (nSPS) is 13.8. The zero-order valence-electron chi connectivity index (χ0n) is 18.4. The second kappa shape index (κ2) is 9.05. The molecule has 1 fully saturated rings. The summed E-state index contributed by atoms with van der Waals surface area (Å²) in [4.78, 5) is 22.6. The number of pyridine rings is 1. The molecule has 0 atom stereocenters. The van der Waals surface area contributed by atoms with Gasteiger partial charge in [-0.3, -0.25) is 4.79 Å². The molecule has 164 valence electrons. The van der Waals surface area contributed by atoms with Crippen molar-refractivity contribution in [2.45, 2.75) is 6.92 Å². The van der Waals surface area contributed by atoms with E-state index in [-0.39, 0.29) is 18.3 Å². The van der Waals surface area contributed by atoms with Crippen molar-refractivity contribution in [3.63, 3.8) is 0 Å². The van der Waals surface area contributed by atoms with Crippen LogP contribution < -0.4 is 4.90 Å². The Bertz CT molecular complexity index is 1230. The summed E-state index contributed by atoms with van der Waals surface area (Å²) in [7, 11) is 2.04. The first-order valence-electron chi connectivity index (χ1n) is 10.7. The Morgan fingerprint density at radius 2 is 1.56 bits per heavy atom. The Hall–Kier alpha value is -3.31. The Balaban J connectivity index is 0.00000245. The van der Waals surface area contributed by atoms with Gasteiger partial charge in [0.2, 0.25) is 0 Å². The molecule has 1 saturated heterocycles. The van der Waals surface area contributed by atoms with Crippen LogP contribution in [0.4, 0.5) is 5.82 Å². The maximum Gasteiger partial charge on any atom is 0.256 e. The van der Waals surface area contributed by atoms with E-state index in [1.54, 1.807) is 0 Å². The van der Waals surface area contributed by atoms with Crippen molar-refractivity contribution < 1.29 is 4.79 Å². The van der Waals surface area contributed by atoms with Gasteiger partial charge in [0.15, 0.2) is 0 Å². The van der Waals surface area contributed by atoms with Crippen LogP contribution >= 0.6 is 12.4 Å². The smallest absolute Gasteiger partial charge is 0.256 e. The van der Waals surface area contributed by atoms with Crippen LogP contribution in [0.2, 0.25) is 0 Å². The second-order valence-electron chi connectivity index (χ2n) is 8.14. The molecule has 5 nitrogen and oxygen atoms in total. The van der Waals surface area contributed by atoms with Crippen LogP contribution in [0.5, 0.6) is 0 Å². The zero-order valence-corrected chi connectivity index (χ0v) is 19.2. The molecule has 2 aromatic heterocycles. The highest BCUT2D eigenvalue weighted by Gasteiger charge is 2.28. The van der Waals surface area contributed by atoms with Crippen molar-refractivity contribution in [3.05, 3.63) is 84.1 Å². The van der Waals surface area contributed by atoms with E-state index < -0.39 is 0 Å². The molecule has 0 bridgehead atoms. The number of piperazine rings is 1. The Morgan fingerprint density at radius 3 is 2.25 bits per heavy atom. The number of benzene rings is 2. The van der Waals surface area contributed by atoms with Crippen molar-refractivity contribution in [2.75, 3.05) is 31.1 Å². The van der Waals surface area contributed by atoms with Crippen LogP contribution in [0.25, 0.3) is 22.2 Å². The van der Waals surface area contributed by atoms with Crippen molar-refractivity contribution in [1.29, 1.82) is 0 Å². The fourth-order valence-corrected chi connectivity index (χ4v) is 4.49. The SMILES string of the molecule is Cc1ccc(N2CCN(C(=O)c3c(-c4ccccc4)n(C)c4ccccc34)CC2)nc1.Cl.